The molecule has 0 radical (unpaired) electrons. The first-order valence-electron chi connectivity index (χ1n) is 7.26. The van der Waals surface area contributed by atoms with Gasteiger partial charge >= 0.3 is 0 Å². The summed E-state index contributed by atoms with van der Waals surface area (Å²) in [7, 11) is 0. The molecule has 16 heavy (non-hydrogen) atoms. The molecule has 2 rings (SSSR count). The van der Waals surface area contributed by atoms with Gasteiger partial charge in [-0.2, -0.15) is 0 Å². The standard InChI is InChI=1S/C14H27NO/c1-2-7-13(6-1)8-3-4-10-15-14-9-5-11-16-12-14/h13-15H,1-12H2. The molecule has 0 bridgehead atoms. The van der Waals surface area contributed by atoms with E-state index in [9.17, 15) is 0 Å². The van der Waals surface area contributed by atoms with Crippen LogP contribution in [0.1, 0.15) is 57.8 Å². The van der Waals surface area contributed by atoms with Crippen LogP contribution in [0, 0.1) is 5.92 Å². The molecule has 1 aliphatic heterocycles. The summed E-state index contributed by atoms with van der Waals surface area (Å²) < 4.78 is 5.46. The van der Waals surface area contributed by atoms with Gasteiger partial charge in [-0.25, -0.2) is 0 Å². The Hall–Kier alpha value is -0.0800. The minimum Gasteiger partial charge on any atom is -0.380 e. The molecule has 1 N–H and O–H groups in total. The summed E-state index contributed by atoms with van der Waals surface area (Å²) in [6.45, 7) is 3.10. The number of unbranched alkanes of at least 4 members (excludes halogenated alkanes) is 1. The van der Waals surface area contributed by atoms with Gasteiger partial charge in [0.15, 0.2) is 0 Å². The van der Waals surface area contributed by atoms with Gasteiger partial charge in [-0.15, -0.1) is 0 Å². The number of ether oxygens (including phenoxy) is 1. The van der Waals surface area contributed by atoms with Crippen LogP contribution in [0.4, 0.5) is 0 Å². The Balaban J connectivity index is 1.42. The first-order chi connectivity index (χ1) is 7.95. The van der Waals surface area contributed by atoms with Gasteiger partial charge in [-0.05, 0) is 31.7 Å². The third-order valence-corrected chi connectivity index (χ3v) is 4.11. The quantitative estimate of drug-likeness (QED) is 0.701. The van der Waals surface area contributed by atoms with E-state index in [-0.39, 0.29) is 0 Å². The number of hydrogen-bond donors (Lipinski definition) is 1. The molecule has 0 amide bonds. The third-order valence-electron chi connectivity index (χ3n) is 4.11. The zero-order valence-electron chi connectivity index (χ0n) is 10.5. The van der Waals surface area contributed by atoms with E-state index in [0.717, 1.165) is 19.1 Å². The van der Waals surface area contributed by atoms with Gasteiger partial charge in [0, 0.05) is 12.6 Å². The number of rotatable bonds is 6. The largest absolute Gasteiger partial charge is 0.380 e. The van der Waals surface area contributed by atoms with E-state index in [4.69, 9.17) is 4.74 Å². The van der Waals surface area contributed by atoms with Crippen molar-refractivity contribution in [3.05, 3.63) is 0 Å². The van der Waals surface area contributed by atoms with Gasteiger partial charge in [0.05, 0.1) is 6.61 Å². The summed E-state index contributed by atoms with van der Waals surface area (Å²) in [6, 6.07) is 0.639. The van der Waals surface area contributed by atoms with Crippen LogP contribution >= 0.6 is 0 Å². The van der Waals surface area contributed by atoms with Crippen LogP contribution < -0.4 is 5.32 Å². The molecule has 2 heteroatoms. The van der Waals surface area contributed by atoms with Crippen molar-refractivity contribution in [1.82, 2.24) is 5.32 Å². The summed E-state index contributed by atoms with van der Waals surface area (Å²) >= 11 is 0. The second-order valence-electron chi connectivity index (χ2n) is 5.51. The van der Waals surface area contributed by atoms with Gasteiger partial charge in [0.2, 0.25) is 0 Å². The van der Waals surface area contributed by atoms with Crippen molar-refractivity contribution in [2.75, 3.05) is 19.8 Å². The zero-order valence-corrected chi connectivity index (χ0v) is 10.5. The van der Waals surface area contributed by atoms with E-state index < -0.39 is 0 Å². The molecule has 2 aliphatic rings. The minimum atomic E-state index is 0.639. The monoisotopic (exact) mass is 225 g/mol. The lowest BCUT2D eigenvalue weighted by molar-refractivity contribution is 0.0704. The number of hydrogen-bond acceptors (Lipinski definition) is 2. The fraction of sp³-hybridized carbons (Fsp3) is 1.00. The van der Waals surface area contributed by atoms with Crippen LogP contribution in [0.15, 0.2) is 0 Å². The fourth-order valence-corrected chi connectivity index (χ4v) is 3.06. The lowest BCUT2D eigenvalue weighted by Gasteiger charge is -2.23. The second-order valence-corrected chi connectivity index (χ2v) is 5.51. The Morgan fingerprint density at radius 3 is 2.62 bits per heavy atom. The number of nitrogens with one attached hydrogen (secondary N) is 1. The van der Waals surface area contributed by atoms with Gasteiger partial charge in [0.1, 0.15) is 0 Å². The molecule has 2 nitrogen and oxygen atoms in total. The van der Waals surface area contributed by atoms with E-state index in [2.05, 4.69) is 5.32 Å². The predicted molar refractivity (Wildman–Crippen MR) is 67.7 cm³/mol. The Kier molecular flexibility index (Phi) is 5.64. The van der Waals surface area contributed by atoms with Crippen molar-refractivity contribution >= 4 is 0 Å². The van der Waals surface area contributed by atoms with E-state index in [1.165, 1.54) is 64.3 Å². The summed E-state index contributed by atoms with van der Waals surface area (Å²) in [5.74, 6) is 1.07. The maximum Gasteiger partial charge on any atom is 0.0619 e. The highest BCUT2D eigenvalue weighted by atomic mass is 16.5. The Labute approximate surface area is 100 Å². The van der Waals surface area contributed by atoms with E-state index >= 15 is 0 Å². The van der Waals surface area contributed by atoms with E-state index in [0.29, 0.717) is 6.04 Å². The molecule has 1 aliphatic carbocycles. The highest BCUT2D eigenvalue weighted by Gasteiger charge is 2.15. The zero-order chi connectivity index (χ0) is 11.1. The topological polar surface area (TPSA) is 21.3 Å². The molecular formula is C14H27NO. The molecular weight excluding hydrogens is 198 g/mol. The normalized spacial score (nSPS) is 27.4. The van der Waals surface area contributed by atoms with Crippen molar-refractivity contribution < 1.29 is 4.74 Å². The maximum atomic E-state index is 5.46. The Morgan fingerprint density at radius 1 is 1.00 bits per heavy atom. The van der Waals surface area contributed by atoms with Gasteiger partial charge < -0.3 is 10.1 Å². The Bertz CT molecular complexity index is 172. The van der Waals surface area contributed by atoms with Crippen molar-refractivity contribution in [1.29, 1.82) is 0 Å². The van der Waals surface area contributed by atoms with Crippen LogP contribution in [-0.4, -0.2) is 25.8 Å². The van der Waals surface area contributed by atoms with Gasteiger partial charge in [-0.3, -0.25) is 0 Å². The molecule has 0 aromatic heterocycles. The SMILES string of the molecule is C(CCC1CCCC1)CNC1CCCOC1. The molecule has 1 saturated carbocycles. The highest BCUT2D eigenvalue weighted by molar-refractivity contribution is 4.70. The van der Waals surface area contributed by atoms with Crippen molar-refractivity contribution in [2.45, 2.75) is 63.8 Å². The molecule has 1 saturated heterocycles. The first kappa shape index (κ1) is 12.4. The minimum absolute atomic E-state index is 0.639. The van der Waals surface area contributed by atoms with E-state index in [1.54, 1.807) is 0 Å². The van der Waals surface area contributed by atoms with Crippen molar-refractivity contribution in [2.24, 2.45) is 5.92 Å². The summed E-state index contributed by atoms with van der Waals surface area (Å²) in [5.41, 5.74) is 0. The molecule has 1 heterocycles. The lowest BCUT2D eigenvalue weighted by atomic mass is 10.0. The molecule has 2 fully saturated rings. The van der Waals surface area contributed by atoms with Crippen LogP contribution in [0.3, 0.4) is 0 Å². The van der Waals surface area contributed by atoms with Crippen LogP contribution in [0.25, 0.3) is 0 Å². The first-order valence-corrected chi connectivity index (χ1v) is 7.26. The van der Waals surface area contributed by atoms with Crippen LogP contribution in [0.2, 0.25) is 0 Å². The molecule has 1 unspecified atom stereocenters. The molecule has 94 valence electrons. The lowest BCUT2D eigenvalue weighted by Crippen LogP contribution is -2.37. The summed E-state index contributed by atoms with van der Waals surface area (Å²) in [6.07, 6.45) is 12.8. The highest BCUT2D eigenvalue weighted by Crippen LogP contribution is 2.28. The second kappa shape index (κ2) is 7.29. The fourth-order valence-electron chi connectivity index (χ4n) is 3.06. The van der Waals surface area contributed by atoms with Crippen LogP contribution in [0.5, 0.6) is 0 Å². The Morgan fingerprint density at radius 2 is 1.88 bits per heavy atom. The van der Waals surface area contributed by atoms with Gasteiger partial charge in [0.25, 0.3) is 0 Å². The van der Waals surface area contributed by atoms with Crippen molar-refractivity contribution in [3.8, 4) is 0 Å². The molecule has 0 spiro atoms. The summed E-state index contributed by atoms with van der Waals surface area (Å²) in [5, 5.41) is 3.62. The maximum absolute atomic E-state index is 5.46. The van der Waals surface area contributed by atoms with Gasteiger partial charge in [-0.1, -0.05) is 38.5 Å². The molecule has 1 atom stereocenters. The predicted octanol–water partition coefficient (Wildman–Crippen LogP) is 3.12. The van der Waals surface area contributed by atoms with E-state index in [1.807, 2.05) is 0 Å². The smallest absolute Gasteiger partial charge is 0.0619 e. The summed E-state index contributed by atoms with van der Waals surface area (Å²) in [4.78, 5) is 0. The van der Waals surface area contributed by atoms with Crippen molar-refractivity contribution in [3.63, 3.8) is 0 Å². The average Bonchev–Trinajstić information content (AvgIpc) is 2.83. The average molecular weight is 225 g/mol. The third kappa shape index (κ3) is 4.42. The molecule has 0 aromatic rings. The molecule has 0 aromatic carbocycles. The van der Waals surface area contributed by atoms with Crippen LogP contribution in [-0.2, 0) is 4.74 Å².